The van der Waals surface area contributed by atoms with Crippen molar-refractivity contribution in [3.63, 3.8) is 0 Å². The molecule has 0 aliphatic heterocycles. The summed E-state index contributed by atoms with van der Waals surface area (Å²) in [4.78, 5) is 23.5. The van der Waals surface area contributed by atoms with Crippen molar-refractivity contribution in [2.24, 2.45) is 0 Å². The molecule has 0 aliphatic carbocycles. The molecular weight excluding hydrogens is 318 g/mol. The molecule has 0 bridgehead atoms. The Kier molecular flexibility index (Phi) is 4.90. The van der Waals surface area contributed by atoms with Crippen LogP contribution in [0.25, 0.3) is 10.2 Å². The first-order valence-electron chi connectivity index (χ1n) is 8.16. The van der Waals surface area contributed by atoms with E-state index in [2.05, 4.69) is 31.0 Å². The third-order valence-corrected chi connectivity index (χ3v) is 5.08. The van der Waals surface area contributed by atoms with E-state index in [-0.39, 0.29) is 5.91 Å². The lowest BCUT2D eigenvalue weighted by Crippen LogP contribution is -2.30. The monoisotopic (exact) mass is 339 g/mol. The van der Waals surface area contributed by atoms with Gasteiger partial charge in [0.2, 0.25) is 5.91 Å². The number of aromatic nitrogens is 2. The van der Waals surface area contributed by atoms with Crippen molar-refractivity contribution in [1.82, 2.24) is 9.97 Å². The fraction of sp³-hybridized carbons (Fsp3) is 0.316. The second-order valence-electron chi connectivity index (χ2n) is 5.95. The van der Waals surface area contributed by atoms with Crippen molar-refractivity contribution in [3.05, 3.63) is 53.3 Å². The largest absolute Gasteiger partial charge is 0.282 e. The van der Waals surface area contributed by atoms with Crippen LogP contribution in [-0.4, -0.2) is 15.9 Å². The zero-order valence-electron chi connectivity index (χ0n) is 14.2. The summed E-state index contributed by atoms with van der Waals surface area (Å²) in [5.74, 6) is 0.0932. The molecular formula is C19H21N3OS. The van der Waals surface area contributed by atoms with Crippen LogP contribution in [0.4, 0.5) is 5.13 Å². The number of pyridine rings is 1. The number of amides is 1. The molecule has 2 heterocycles. The number of carbonyl (C=O) groups excluding carboxylic acids is 1. The summed E-state index contributed by atoms with van der Waals surface area (Å²) in [5.41, 5.74) is 4.28. The Bertz CT molecular complexity index is 819. The van der Waals surface area contributed by atoms with Crippen LogP contribution in [0.2, 0.25) is 0 Å². The fourth-order valence-corrected chi connectivity index (χ4v) is 3.61. The average molecular weight is 339 g/mol. The Morgan fingerprint density at radius 2 is 2.00 bits per heavy atom. The van der Waals surface area contributed by atoms with Crippen molar-refractivity contribution < 1.29 is 4.79 Å². The molecule has 0 N–H and O–H groups in total. The third-order valence-electron chi connectivity index (χ3n) is 4.03. The summed E-state index contributed by atoms with van der Waals surface area (Å²) in [6.45, 7) is 6.66. The van der Waals surface area contributed by atoms with Gasteiger partial charge in [0.05, 0.1) is 22.5 Å². The Morgan fingerprint density at radius 3 is 2.71 bits per heavy atom. The van der Waals surface area contributed by atoms with Crippen LogP contribution in [0.1, 0.15) is 36.6 Å². The van der Waals surface area contributed by atoms with E-state index in [4.69, 9.17) is 4.98 Å². The van der Waals surface area contributed by atoms with Gasteiger partial charge >= 0.3 is 0 Å². The highest BCUT2D eigenvalue weighted by molar-refractivity contribution is 7.22. The number of thiazole rings is 1. The maximum absolute atomic E-state index is 12.6. The number of aryl methyl sites for hydroxylation is 2. The molecule has 24 heavy (non-hydrogen) atoms. The van der Waals surface area contributed by atoms with E-state index in [0.717, 1.165) is 27.5 Å². The molecule has 0 atom stereocenters. The highest BCUT2D eigenvalue weighted by atomic mass is 32.1. The SMILES string of the molecule is CCCC(=O)N(Cc1ccccn1)c1nc2cc(C)c(C)cc2s1. The van der Waals surface area contributed by atoms with Crippen molar-refractivity contribution >= 4 is 32.6 Å². The minimum Gasteiger partial charge on any atom is -0.282 e. The molecule has 2 aromatic heterocycles. The van der Waals surface area contributed by atoms with E-state index in [1.54, 1.807) is 22.4 Å². The van der Waals surface area contributed by atoms with Gasteiger partial charge in [0, 0.05) is 12.6 Å². The van der Waals surface area contributed by atoms with Gasteiger partial charge < -0.3 is 0 Å². The molecule has 0 radical (unpaired) electrons. The Hall–Kier alpha value is -2.27. The second-order valence-corrected chi connectivity index (χ2v) is 6.96. The first-order chi connectivity index (χ1) is 11.6. The maximum atomic E-state index is 12.6. The van der Waals surface area contributed by atoms with Gasteiger partial charge in [0.15, 0.2) is 5.13 Å². The Balaban J connectivity index is 1.99. The van der Waals surface area contributed by atoms with Gasteiger partial charge in [-0.2, -0.15) is 0 Å². The highest BCUT2D eigenvalue weighted by Crippen LogP contribution is 2.32. The quantitative estimate of drug-likeness (QED) is 0.680. The van der Waals surface area contributed by atoms with Gasteiger partial charge in [-0.15, -0.1) is 0 Å². The lowest BCUT2D eigenvalue weighted by molar-refractivity contribution is -0.118. The van der Waals surface area contributed by atoms with Crippen LogP contribution in [-0.2, 0) is 11.3 Å². The number of hydrogen-bond acceptors (Lipinski definition) is 4. The average Bonchev–Trinajstić information content (AvgIpc) is 2.96. The molecule has 0 saturated heterocycles. The number of hydrogen-bond donors (Lipinski definition) is 0. The second kappa shape index (κ2) is 7.09. The van der Waals surface area contributed by atoms with Crippen molar-refractivity contribution in [3.8, 4) is 0 Å². The van der Waals surface area contributed by atoms with Crippen LogP contribution in [0.3, 0.4) is 0 Å². The fourth-order valence-electron chi connectivity index (χ4n) is 2.55. The summed E-state index contributed by atoms with van der Waals surface area (Å²) in [5, 5.41) is 0.749. The lowest BCUT2D eigenvalue weighted by Gasteiger charge is -2.19. The molecule has 0 unspecified atom stereocenters. The van der Waals surface area contributed by atoms with Crippen LogP contribution < -0.4 is 4.90 Å². The molecule has 1 amide bonds. The molecule has 124 valence electrons. The first-order valence-corrected chi connectivity index (χ1v) is 8.98. The molecule has 1 aromatic carbocycles. The van der Waals surface area contributed by atoms with E-state index in [1.807, 2.05) is 25.1 Å². The van der Waals surface area contributed by atoms with Crippen LogP contribution in [0, 0.1) is 13.8 Å². The molecule has 4 nitrogen and oxygen atoms in total. The van der Waals surface area contributed by atoms with Gasteiger partial charge in [-0.1, -0.05) is 24.3 Å². The van der Waals surface area contributed by atoms with Crippen LogP contribution >= 0.6 is 11.3 Å². The van der Waals surface area contributed by atoms with Gasteiger partial charge in [-0.25, -0.2) is 4.98 Å². The normalized spacial score (nSPS) is 11.0. The number of anilines is 1. The number of fused-ring (bicyclic) bond motifs is 1. The zero-order valence-corrected chi connectivity index (χ0v) is 15.1. The summed E-state index contributed by atoms with van der Waals surface area (Å²) in [7, 11) is 0. The molecule has 3 rings (SSSR count). The van der Waals surface area contributed by atoms with E-state index in [0.29, 0.717) is 13.0 Å². The molecule has 0 saturated carbocycles. The summed E-state index contributed by atoms with van der Waals surface area (Å²) in [6, 6.07) is 10.00. The summed E-state index contributed by atoms with van der Waals surface area (Å²) in [6.07, 6.45) is 3.09. The highest BCUT2D eigenvalue weighted by Gasteiger charge is 2.20. The third kappa shape index (κ3) is 3.46. The minimum atomic E-state index is 0.0932. The number of benzene rings is 1. The van der Waals surface area contributed by atoms with Gasteiger partial charge in [-0.3, -0.25) is 14.7 Å². The number of nitrogens with zero attached hydrogens (tertiary/aromatic N) is 3. The predicted octanol–water partition coefficient (Wildman–Crippen LogP) is 4.64. The Labute approximate surface area is 146 Å². The topological polar surface area (TPSA) is 46.1 Å². The van der Waals surface area contributed by atoms with Crippen molar-refractivity contribution in [2.75, 3.05) is 4.90 Å². The van der Waals surface area contributed by atoms with Gasteiger partial charge in [-0.05, 0) is 55.7 Å². The molecule has 0 fully saturated rings. The molecule has 0 aliphatic rings. The molecule has 3 aromatic rings. The van der Waals surface area contributed by atoms with E-state index in [9.17, 15) is 4.79 Å². The molecule has 0 spiro atoms. The zero-order chi connectivity index (χ0) is 17.1. The maximum Gasteiger partial charge on any atom is 0.229 e. The standard InChI is InChI=1S/C19H21N3OS/c1-4-7-18(23)22(12-15-8-5-6-9-20-15)19-21-16-10-13(2)14(3)11-17(16)24-19/h5-6,8-11H,4,7,12H2,1-3H3. The van der Waals surface area contributed by atoms with Crippen LogP contribution in [0.15, 0.2) is 36.5 Å². The van der Waals surface area contributed by atoms with Crippen molar-refractivity contribution in [2.45, 2.75) is 40.2 Å². The smallest absolute Gasteiger partial charge is 0.229 e. The number of rotatable bonds is 5. The van der Waals surface area contributed by atoms with Gasteiger partial charge in [0.25, 0.3) is 0 Å². The van der Waals surface area contributed by atoms with Crippen LogP contribution in [0.5, 0.6) is 0 Å². The lowest BCUT2D eigenvalue weighted by atomic mass is 10.1. The number of carbonyl (C=O) groups is 1. The van der Waals surface area contributed by atoms with E-state index >= 15 is 0 Å². The van der Waals surface area contributed by atoms with E-state index < -0.39 is 0 Å². The summed E-state index contributed by atoms with van der Waals surface area (Å²) < 4.78 is 1.11. The van der Waals surface area contributed by atoms with Crippen molar-refractivity contribution in [1.29, 1.82) is 0 Å². The van der Waals surface area contributed by atoms with E-state index in [1.165, 1.54) is 11.1 Å². The summed E-state index contributed by atoms with van der Waals surface area (Å²) >= 11 is 1.57. The minimum absolute atomic E-state index is 0.0932. The predicted molar refractivity (Wildman–Crippen MR) is 99.4 cm³/mol. The Morgan fingerprint density at radius 1 is 1.21 bits per heavy atom. The molecule has 5 heteroatoms. The van der Waals surface area contributed by atoms with Gasteiger partial charge in [0.1, 0.15) is 0 Å². The first kappa shape index (κ1) is 16.6.